The molecule has 0 spiro atoms. The van der Waals surface area contributed by atoms with Crippen molar-refractivity contribution in [3.63, 3.8) is 0 Å². The van der Waals surface area contributed by atoms with Gasteiger partial charge < -0.3 is 0 Å². The van der Waals surface area contributed by atoms with Gasteiger partial charge in [0, 0.05) is 5.56 Å². The molecule has 1 aromatic rings. The molecule has 0 aliphatic rings. The molecular formula is C8H10F3N. The van der Waals surface area contributed by atoms with Gasteiger partial charge in [-0.2, -0.15) is 4.39 Å². The SMILES string of the molecule is CC.Cc1c(F)cnc(F)c1F. The Morgan fingerprint density at radius 3 is 2.08 bits per heavy atom. The monoisotopic (exact) mass is 177 g/mol. The van der Waals surface area contributed by atoms with Crippen molar-refractivity contribution in [2.45, 2.75) is 20.8 Å². The lowest BCUT2D eigenvalue weighted by molar-refractivity contribution is 0.456. The Hall–Kier alpha value is -1.06. The zero-order chi connectivity index (χ0) is 9.72. The van der Waals surface area contributed by atoms with E-state index in [1.165, 1.54) is 0 Å². The maximum atomic E-state index is 12.3. The minimum Gasteiger partial charge on any atom is -0.223 e. The molecule has 0 fully saturated rings. The van der Waals surface area contributed by atoms with Gasteiger partial charge in [-0.1, -0.05) is 13.8 Å². The molecule has 0 aliphatic carbocycles. The molecule has 0 unspecified atom stereocenters. The maximum absolute atomic E-state index is 12.3. The first-order chi connectivity index (χ1) is 5.63. The predicted molar refractivity (Wildman–Crippen MR) is 40.2 cm³/mol. The maximum Gasteiger partial charge on any atom is 0.249 e. The lowest BCUT2D eigenvalue weighted by Gasteiger charge is -1.96. The van der Waals surface area contributed by atoms with Crippen LogP contribution in [-0.2, 0) is 0 Å². The molecule has 0 saturated heterocycles. The van der Waals surface area contributed by atoms with Crippen molar-refractivity contribution in [2.24, 2.45) is 0 Å². The van der Waals surface area contributed by atoms with E-state index in [2.05, 4.69) is 4.98 Å². The molecule has 1 rings (SSSR count). The van der Waals surface area contributed by atoms with E-state index in [4.69, 9.17) is 0 Å². The van der Waals surface area contributed by atoms with Gasteiger partial charge in [0.2, 0.25) is 5.95 Å². The molecule has 0 atom stereocenters. The lowest BCUT2D eigenvalue weighted by Crippen LogP contribution is -1.95. The number of halogens is 3. The molecular weight excluding hydrogens is 167 g/mol. The van der Waals surface area contributed by atoms with E-state index in [-0.39, 0.29) is 5.56 Å². The standard InChI is InChI=1S/C6H4F3N.C2H6/c1-3-4(7)2-10-6(9)5(3)8;1-2/h2H,1H3;1-2H3. The van der Waals surface area contributed by atoms with Gasteiger partial charge in [-0.05, 0) is 6.92 Å². The highest BCUT2D eigenvalue weighted by molar-refractivity contribution is 5.13. The summed E-state index contributed by atoms with van der Waals surface area (Å²) in [7, 11) is 0. The van der Waals surface area contributed by atoms with E-state index in [0.29, 0.717) is 6.20 Å². The summed E-state index contributed by atoms with van der Waals surface area (Å²) < 4.78 is 36.7. The van der Waals surface area contributed by atoms with Crippen LogP contribution in [0.25, 0.3) is 0 Å². The first-order valence-corrected chi connectivity index (χ1v) is 3.59. The Bertz CT molecular complexity index is 234. The fraction of sp³-hybridized carbons (Fsp3) is 0.375. The number of pyridine rings is 1. The summed E-state index contributed by atoms with van der Waals surface area (Å²) >= 11 is 0. The quantitative estimate of drug-likeness (QED) is 0.555. The van der Waals surface area contributed by atoms with E-state index in [1.54, 1.807) is 0 Å². The molecule has 1 aromatic heterocycles. The van der Waals surface area contributed by atoms with Crippen LogP contribution in [0, 0.1) is 24.5 Å². The van der Waals surface area contributed by atoms with Crippen molar-refractivity contribution in [3.8, 4) is 0 Å². The largest absolute Gasteiger partial charge is 0.249 e. The van der Waals surface area contributed by atoms with Crippen LogP contribution in [0.5, 0.6) is 0 Å². The summed E-state index contributed by atoms with van der Waals surface area (Å²) in [5, 5.41) is 0. The summed E-state index contributed by atoms with van der Waals surface area (Å²) in [6, 6.07) is 0. The Morgan fingerprint density at radius 1 is 1.17 bits per heavy atom. The van der Waals surface area contributed by atoms with Gasteiger partial charge in [-0.25, -0.2) is 13.8 Å². The smallest absolute Gasteiger partial charge is 0.223 e. The zero-order valence-corrected chi connectivity index (χ0v) is 7.16. The van der Waals surface area contributed by atoms with Gasteiger partial charge in [-0.15, -0.1) is 0 Å². The second-order valence-corrected chi connectivity index (χ2v) is 1.84. The molecule has 0 N–H and O–H groups in total. The first kappa shape index (κ1) is 10.9. The van der Waals surface area contributed by atoms with Gasteiger partial charge >= 0.3 is 0 Å². The number of aromatic nitrogens is 1. The second kappa shape index (κ2) is 4.74. The van der Waals surface area contributed by atoms with Crippen molar-refractivity contribution in [1.82, 2.24) is 4.98 Å². The first-order valence-electron chi connectivity index (χ1n) is 3.59. The minimum absolute atomic E-state index is 0.340. The molecule has 4 heteroatoms. The van der Waals surface area contributed by atoms with Crippen molar-refractivity contribution in [2.75, 3.05) is 0 Å². The van der Waals surface area contributed by atoms with E-state index in [1.807, 2.05) is 13.8 Å². The number of rotatable bonds is 0. The molecule has 1 nitrogen and oxygen atoms in total. The van der Waals surface area contributed by atoms with E-state index in [0.717, 1.165) is 6.92 Å². The second-order valence-electron chi connectivity index (χ2n) is 1.84. The predicted octanol–water partition coefficient (Wildman–Crippen LogP) is 2.83. The Kier molecular flexibility index (Phi) is 4.33. The Morgan fingerprint density at radius 2 is 1.67 bits per heavy atom. The average molecular weight is 177 g/mol. The van der Waals surface area contributed by atoms with E-state index < -0.39 is 17.6 Å². The fourth-order valence-corrected chi connectivity index (χ4v) is 0.526. The minimum atomic E-state index is -1.26. The highest BCUT2D eigenvalue weighted by Crippen LogP contribution is 2.10. The summed E-state index contributed by atoms with van der Waals surface area (Å²) in [5.74, 6) is -3.32. The molecule has 0 aromatic carbocycles. The van der Waals surface area contributed by atoms with Crippen LogP contribution >= 0.6 is 0 Å². The third-order valence-corrected chi connectivity index (χ3v) is 1.16. The Labute approximate surface area is 69.2 Å². The summed E-state index contributed by atoms with van der Waals surface area (Å²) in [5.41, 5.74) is -0.340. The highest BCUT2D eigenvalue weighted by atomic mass is 19.2. The van der Waals surface area contributed by atoms with Crippen molar-refractivity contribution >= 4 is 0 Å². The number of nitrogens with zero attached hydrogens (tertiary/aromatic N) is 1. The topological polar surface area (TPSA) is 12.9 Å². The molecule has 0 radical (unpaired) electrons. The summed E-state index contributed by atoms with van der Waals surface area (Å²) in [4.78, 5) is 2.82. The van der Waals surface area contributed by atoms with Gasteiger partial charge in [-0.3, -0.25) is 0 Å². The van der Waals surface area contributed by atoms with Gasteiger partial charge in [0.25, 0.3) is 0 Å². The molecule has 0 bridgehead atoms. The van der Waals surface area contributed by atoms with Crippen LogP contribution < -0.4 is 0 Å². The van der Waals surface area contributed by atoms with Crippen molar-refractivity contribution in [3.05, 3.63) is 29.3 Å². The highest BCUT2D eigenvalue weighted by Gasteiger charge is 2.09. The number of hydrogen-bond acceptors (Lipinski definition) is 1. The van der Waals surface area contributed by atoms with Crippen LogP contribution in [0.15, 0.2) is 6.20 Å². The van der Waals surface area contributed by atoms with Crippen molar-refractivity contribution in [1.29, 1.82) is 0 Å². The fourth-order valence-electron chi connectivity index (χ4n) is 0.526. The molecule has 0 aliphatic heterocycles. The lowest BCUT2D eigenvalue weighted by atomic mass is 10.3. The third kappa shape index (κ3) is 2.22. The summed E-state index contributed by atoms with van der Waals surface area (Å²) in [6.07, 6.45) is 0.647. The van der Waals surface area contributed by atoms with Gasteiger partial charge in [0.15, 0.2) is 5.82 Å². The molecule has 12 heavy (non-hydrogen) atoms. The third-order valence-electron chi connectivity index (χ3n) is 1.16. The number of hydrogen-bond donors (Lipinski definition) is 0. The van der Waals surface area contributed by atoms with E-state index in [9.17, 15) is 13.2 Å². The normalized spacial score (nSPS) is 8.83. The van der Waals surface area contributed by atoms with Crippen LogP contribution in [0.1, 0.15) is 19.4 Å². The Balaban J connectivity index is 0.000000561. The van der Waals surface area contributed by atoms with Crippen LogP contribution in [0.4, 0.5) is 13.2 Å². The molecule has 0 amide bonds. The van der Waals surface area contributed by atoms with Crippen LogP contribution in [-0.4, -0.2) is 4.98 Å². The van der Waals surface area contributed by atoms with Crippen molar-refractivity contribution < 1.29 is 13.2 Å². The van der Waals surface area contributed by atoms with Crippen LogP contribution in [0.2, 0.25) is 0 Å². The van der Waals surface area contributed by atoms with Crippen LogP contribution in [0.3, 0.4) is 0 Å². The van der Waals surface area contributed by atoms with Gasteiger partial charge in [0.1, 0.15) is 5.82 Å². The zero-order valence-electron chi connectivity index (χ0n) is 7.16. The molecule has 0 saturated carbocycles. The summed E-state index contributed by atoms with van der Waals surface area (Å²) in [6.45, 7) is 5.15. The molecule has 1 heterocycles. The van der Waals surface area contributed by atoms with E-state index >= 15 is 0 Å². The van der Waals surface area contributed by atoms with Gasteiger partial charge in [0.05, 0.1) is 6.20 Å². The molecule has 68 valence electrons. The average Bonchev–Trinajstić information content (AvgIpc) is 2.12.